The summed E-state index contributed by atoms with van der Waals surface area (Å²) in [6.45, 7) is -0.523. The summed E-state index contributed by atoms with van der Waals surface area (Å²) in [6, 6.07) is 1.13. The molecule has 2 aliphatic heterocycles. The summed E-state index contributed by atoms with van der Waals surface area (Å²) in [4.78, 5) is 63.1. The molecule has 1 saturated heterocycles. The summed E-state index contributed by atoms with van der Waals surface area (Å²) in [6.07, 6.45) is -1.88. The molecular weight excluding hydrogens is 741 g/mol. The van der Waals surface area contributed by atoms with Gasteiger partial charge in [-0.3, -0.25) is 19.1 Å². The van der Waals surface area contributed by atoms with Crippen LogP contribution in [0.2, 0.25) is 0 Å². The summed E-state index contributed by atoms with van der Waals surface area (Å²) < 4.78 is 86.9. The molecule has 0 spiro atoms. The van der Waals surface area contributed by atoms with Gasteiger partial charge in [-0.25, -0.2) is 23.2 Å². The van der Waals surface area contributed by atoms with Gasteiger partial charge in [0, 0.05) is 31.4 Å². The van der Waals surface area contributed by atoms with Crippen molar-refractivity contribution in [3.63, 3.8) is 0 Å². The lowest BCUT2D eigenvalue weighted by Crippen LogP contribution is -2.59. The lowest BCUT2D eigenvalue weighted by molar-refractivity contribution is -0.143. The molecule has 4 aliphatic rings. The van der Waals surface area contributed by atoms with E-state index >= 15 is 0 Å². The van der Waals surface area contributed by atoms with Crippen LogP contribution in [0.3, 0.4) is 0 Å². The number of nitrogens with one attached hydrogen (secondary N) is 3. The van der Waals surface area contributed by atoms with Crippen molar-refractivity contribution in [1.29, 1.82) is 0 Å². The van der Waals surface area contributed by atoms with Gasteiger partial charge in [0.1, 0.15) is 29.5 Å². The van der Waals surface area contributed by atoms with Gasteiger partial charge in [-0.1, -0.05) is 18.6 Å². The van der Waals surface area contributed by atoms with E-state index in [2.05, 4.69) is 25.3 Å². The number of sulfonamides is 1. The van der Waals surface area contributed by atoms with E-state index in [1.165, 1.54) is 32.4 Å². The smallest absolute Gasteiger partial charge is 0.438 e. The van der Waals surface area contributed by atoms with Crippen molar-refractivity contribution < 1.29 is 60.1 Å². The molecule has 3 fully saturated rings. The zero-order valence-electron chi connectivity index (χ0n) is 29.4. The third-order valence-corrected chi connectivity index (χ3v) is 12.0. The van der Waals surface area contributed by atoms with Gasteiger partial charge in [-0.05, 0) is 50.7 Å². The molecule has 6 rings (SSSR count). The lowest BCUT2D eigenvalue weighted by atomic mass is 9.92. The van der Waals surface area contributed by atoms with Gasteiger partial charge in [0.25, 0.3) is 5.91 Å². The van der Waals surface area contributed by atoms with Crippen LogP contribution in [-0.4, -0.2) is 109 Å². The first kappa shape index (κ1) is 39.0. The van der Waals surface area contributed by atoms with Gasteiger partial charge in [0.05, 0.1) is 36.5 Å². The topological polar surface area (TPSA) is 215 Å². The van der Waals surface area contributed by atoms with Crippen LogP contribution >= 0.6 is 0 Å². The van der Waals surface area contributed by atoms with Crippen LogP contribution < -0.4 is 24.8 Å². The maximum atomic E-state index is 14.4. The fourth-order valence-electron chi connectivity index (χ4n) is 7.09. The fraction of sp³-hybridized carbons (Fsp3) is 0.588. The molecule has 0 radical (unpaired) electrons. The second kappa shape index (κ2) is 15.2. The highest BCUT2D eigenvalue weighted by atomic mass is 32.2. The predicted octanol–water partition coefficient (Wildman–Crippen LogP) is 2.52. The van der Waals surface area contributed by atoms with Crippen LogP contribution in [0.25, 0.3) is 11.0 Å². The standard InChI is InChI=1S/C34H41F3N6O10S/c1-51-17-18-7-5-3-4-6-8-19-15-33(19,31(46)42-54(49,50)22-10-11-22)41-28(44)25-14-21(16-43(25)30(45)26(18)40-32(47)48)53-29-27(34(35,36)37)38-23-12-9-20(52-2)13-24(23)39-29/h6,8-9,12-13,18-19,21-22,25-26,40H,3-5,7,10-11,14-17H2,1-2H3,(H,41,44)(H,42,46)(H,47,48)/b8-6-/t18-,19+,21+,25-,26-,33+/m0/s1. The monoisotopic (exact) mass is 782 g/mol. The van der Waals surface area contributed by atoms with Crippen LogP contribution in [-0.2, 0) is 35.3 Å². The molecule has 0 unspecified atom stereocenters. The molecule has 1 aromatic carbocycles. The molecule has 6 atom stereocenters. The van der Waals surface area contributed by atoms with Gasteiger partial charge in [0.2, 0.25) is 33.4 Å². The maximum absolute atomic E-state index is 14.4. The third kappa shape index (κ3) is 8.33. The van der Waals surface area contributed by atoms with E-state index in [0.717, 1.165) is 4.90 Å². The normalized spacial score (nSPS) is 28.5. The van der Waals surface area contributed by atoms with Crippen molar-refractivity contribution in [2.45, 2.75) is 86.5 Å². The highest BCUT2D eigenvalue weighted by molar-refractivity contribution is 7.91. The fourth-order valence-corrected chi connectivity index (χ4v) is 8.46. The molecule has 2 aliphatic carbocycles. The number of carbonyl (C=O) groups excluding carboxylic acids is 3. The Kier molecular flexibility index (Phi) is 11.0. The molecular formula is C34H41F3N6O10S. The molecule has 4 N–H and O–H groups in total. The quantitative estimate of drug-likeness (QED) is 0.270. The second-order valence-electron chi connectivity index (χ2n) is 14.0. The molecule has 2 aromatic rings. The second-order valence-corrected chi connectivity index (χ2v) is 16.0. The number of ether oxygens (including phenoxy) is 3. The number of methoxy groups -OCH3 is 2. The highest BCUT2D eigenvalue weighted by Crippen LogP contribution is 2.46. The van der Waals surface area contributed by atoms with Gasteiger partial charge in [-0.15, -0.1) is 0 Å². The van der Waals surface area contributed by atoms with Gasteiger partial charge in [0.15, 0.2) is 0 Å². The van der Waals surface area contributed by atoms with Gasteiger partial charge in [-0.2, -0.15) is 13.2 Å². The van der Waals surface area contributed by atoms with Crippen molar-refractivity contribution in [2.24, 2.45) is 11.8 Å². The molecule has 4 amide bonds. The Morgan fingerprint density at radius 1 is 1.11 bits per heavy atom. The minimum Gasteiger partial charge on any atom is -0.497 e. The minimum atomic E-state index is -5.02. The van der Waals surface area contributed by atoms with Crippen molar-refractivity contribution in [1.82, 2.24) is 30.2 Å². The summed E-state index contributed by atoms with van der Waals surface area (Å²) in [7, 11) is -1.27. The zero-order chi connectivity index (χ0) is 39.0. The molecule has 0 bridgehead atoms. The van der Waals surface area contributed by atoms with Crippen LogP contribution in [0.15, 0.2) is 30.4 Å². The Bertz CT molecular complexity index is 1940. The largest absolute Gasteiger partial charge is 0.497 e. The van der Waals surface area contributed by atoms with Crippen molar-refractivity contribution in [3.05, 3.63) is 36.0 Å². The van der Waals surface area contributed by atoms with E-state index in [1.807, 2.05) is 6.08 Å². The molecule has 54 heavy (non-hydrogen) atoms. The Morgan fingerprint density at radius 3 is 2.54 bits per heavy atom. The van der Waals surface area contributed by atoms with Gasteiger partial charge >= 0.3 is 12.3 Å². The number of carboxylic acid groups (broad SMARTS) is 1. The van der Waals surface area contributed by atoms with Gasteiger partial charge < -0.3 is 34.9 Å². The van der Waals surface area contributed by atoms with Crippen LogP contribution in [0.5, 0.6) is 11.6 Å². The number of hydrogen-bond donors (Lipinski definition) is 4. The first-order valence-electron chi connectivity index (χ1n) is 17.5. The summed E-state index contributed by atoms with van der Waals surface area (Å²) in [5, 5.41) is 13.9. The number of hydrogen-bond acceptors (Lipinski definition) is 11. The van der Waals surface area contributed by atoms with E-state index in [1.54, 1.807) is 6.08 Å². The summed E-state index contributed by atoms with van der Waals surface area (Å²) >= 11 is 0. The Hall–Kier alpha value is -4.72. The van der Waals surface area contributed by atoms with E-state index < -0.39 is 105 Å². The molecule has 294 valence electrons. The van der Waals surface area contributed by atoms with Crippen LogP contribution in [0.4, 0.5) is 18.0 Å². The Labute approximate surface area is 308 Å². The highest BCUT2D eigenvalue weighted by Gasteiger charge is 2.62. The molecule has 3 heterocycles. The minimum absolute atomic E-state index is 0.00840. The molecule has 1 aromatic heterocycles. The maximum Gasteiger partial charge on any atom is 0.438 e. The van der Waals surface area contributed by atoms with E-state index in [9.17, 15) is 45.9 Å². The average molecular weight is 783 g/mol. The number of benzene rings is 1. The number of nitrogens with zero attached hydrogens (tertiary/aromatic N) is 3. The van der Waals surface area contributed by atoms with E-state index in [4.69, 9.17) is 14.2 Å². The number of rotatable bonds is 9. The first-order chi connectivity index (χ1) is 25.6. The summed E-state index contributed by atoms with van der Waals surface area (Å²) in [5.74, 6) is -4.67. The number of alkyl halides is 3. The van der Waals surface area contributed by atoms with E-state index in [0.29, 0.717) is 38.5 Å². The Morgan fingerprint density at radius 2 is 1.87 bits per heavy atom. The van der Waals surface area contributed by atoms with Crippen molar-refractivity contribution in [3.8, 4) is 11.6 Å². The SMILES string of the molecule is COC[C@@H]1CCCC/C=C\[C@@H]2C[C@@]2(C(=O)NS(=O)(=O)C2CC2)NC(=O)[C@@H]2C[C@@H](Oc3nc4cc(OC)ccc4nc3C(F)(F)F)CN2C(=O)[C@H]1NC(=O)O. The number of amides is 4. The number of fused-ring (bicyclic) bond motifs is 3. The van der Waals surface area contributed by atoms with E-state index in [-0.39, 0.29) is 29.8 Å². The van der Waals surface area contributed by atoms with Crippen LogP contribution in [0, 0.1) is 11.8 Å². The number of halogens is 3. The lowest BCUT2D eigenvalue weighted by Gasteiger charge is -2.32. The Balaban J connectivity index is 1.37. The zero-order valence-corrected chi connectivity index (χ0v) is 30.2. The first-order valence-corrected chi connectivity index (χ1v) is 19.0. The number of aromatic nitrogens is 2. The predicted molar refractivity (Wildman–Crippen MR) is 183 cm³/mol. The van der Waals surface area contributed by atoms with Crippen molar-refractivity contribution >= 4 is 44.9 Å². The summed E-state index contributed by atoms with van der Waals surface area (Å²) in [5.41, 5.74) is -3.25. The third-order valence-electron chi connectivity index (χ3n) is 10.2. The van der Waals surface area contributed by atoms with Crippen LogP contribution in [0.1, 0.15) is 57.1 Å². The average Bonchev–Trinajstić information content (AvgIpc) is 4.03. The molecule has 16 nitrogen and oxygen atoms in total. The number of carbonyl (C=O) groups is 4. The molecule has 20 heteroatoms. The number of allylic oxidation sites excluding steroid dienone is 1. The van der Waals surface area contributed by atoms with Crippen molar-refractivity contribution in [2.75, 3.05) is 27.4 Å². The molecule has 2 saturated carbocycles.